The molecule has 0 saturated carbocycles. The Labute approximate surface area is 153 Å². The van der Waals surface area contributed by atoms with E-state index in [1.807, 2.05) is 0 Å². The molecule has 1 aromatic heterocycles. The summed E-state index contributed by atoms with van der Waals surface area (Å²) in [5.74, 6) is -2.32. The molecule has 0 radical (unpaired) electrons. The summed E-state index contributed by atoms with van der Waals surface area (Å²) in [5, 5.41) is 2.61. The summed E-state index contributed by atoms with van der Waals surface area (Å²) in [6, 6.07) is 14.5. The molecule has 3 amide bonds. The molecule has 3 rings (SSSR count). The van der Waals surface area contributed by atoms with Crippen molar-refractivity contribution in [1.82, 2.24) is 10.9 Å². The summed E-state index contributed by atoms with van der Waals surface area (Å²) in [7, 11) is 0. The Morgan fingerprint density at radius 1 is 0.778 bits per heavy atom. The zero-order chi connectivity index (χ0) is 19.2. The Morgan fingerprint density at radius 3 is 2.15 bits per heavy atom. The van der Waals surface area contributed by atoms with Gasteiger partial charge in [0.25, 0.3) is 17.7 Å². The van der Waals surface area contributed by atoms with Crippen molar-refractivity contribution in [2.75, 3.05) is 5.32 Å². The summed E-state index contributed by atoms with van der Waals surface area (Å²) < 4.78 is 18.5. The van der Waals surface area contributed by atoms with E-state index in [2.05, 4.69) is 16.2 Å². The predicted octanol–water partition coefficient (Wildman–Crippen LogP) is 2.75. The molecule has 0 atom stereocenters. The highest BCUT2D eigenvalue weighted by Crippen LogP contribution is 2.12. The van der Waals surface area contributed by atoms with Crippen LogP contribution in [0.4, 0.5) is 10.1 Å². The lowest BCUT2D eigenvalue weighted by Gasteiger charge is -2.09. The molecule has 7 nitrogen and oxygen atoms in total. The fourth-order valence-corrected chi connectivity index (χ4v) is 2.20. The van der Waals surface area contributed by atoms with Crippen LogP contribution in [-0.2, 0) is 0 Å². The van der Waals surface area contributed by atoms with Crippen molar-refractivity contribution in [1.29, 1.82) is 0 Å². The number of benzene rings is 2. The van der Waals surface area contributed by atoms with Crippen molar-refractivity contribution < 1.29 is 23.2 Å². The van der Waals surface area contributed by atoms with Gasteiger partial charge < -0.3 is 9.73 Å². The monoisotopic (exact) mass is 367 g/mol. The number of amides is 3. The normalized spacial score (nSPS) is 10.1. The van der Waals surface area contributed by atoms with E-state index in [-0.39, 0.29) is 16.9 Å². The lowest BCUT2D eigenvalue weighted by atomic mass is 10.2. The summed E-state index contributed by atoms with van der Waals surface area (Å²) in [4.78, 5) is 35.8. The van der Waals surface area contributed by atoms with Crippen LogP contribution in [0.1, 0.15) is 31.3 Å². The van der Waals surface area contributed by atoms with Crippen LogP contribution in [0, 0.1) is 5.82 Å². The van der Waals surface area contributed by atoms with E-state index in [9.17, 15) is 18.8 Å². The molecule has 0 spiro atoms. The highest BCUT2D eigenvalue weighted by molar-refractivity contribution is 6.03. The van der Waals surface area contributed by atoms with Crippen LogP contribution in [0.5, 0.6) is 0 Å². The molecule has 0 fully saturated rings. The molecule has 3 N–H and O–H groups in total. The highest BCUT2D eigenvalue weighted by Gasteiger charge is 2.13. The molecule has 0 aliphatic heterocycles. The van der Waals surface area contributed by atoms with Crippen molar-refractivity contribution in [2.24, 2.45) is 0 Å². The molecule has 1 heterocycles. The number of hydrogen-bond acceptors (Lipinski definition) is 4. The molecular weight excluding hydrogens is 353 g/mol. The second-order valence-corrected chi connectivity index (χ2v) is 5.40. The number of anilines is 1. The summed E-state index contributed by atoms with van der Waals surface area (Å²) in [6.45, 7) is 0. The number of rotatable bonds is 4. The number of carbonyl (C=O) groups excluding carboxylic acids is 3. The molecule has 27 heavy (non-hydrogen) atoms. The number of nitrogens with one attached hydrogen (secondary N) is 3. The lowest BCUT2D eigenvalue weighted by Crippen LogP contribution is -2.41. The number of halogens is 1. The fourth-order valence-electron chi connectivity index (χ4n) is 2.20. The van der Waals surface area contributed by atoms with E-state index >= 15 is 0 Å². The Balaban J connectivity index is 1.57. The molecule has 3 aromatic rings. The van der Waals surface area contributed by atoms with Crippen molar-refractivity contribution in [3.05, 3.63) is 89.6 Å². The van der Waals surface area contributed by atoms with E-state index in [0.29, 0.717) is 5.69 Å². The second-order valence-electron chi connectivity index (χ2n) is 5.40. The van der Waals surface area contributed by atoms with Gasteiger partial charge in [-0.25, -0.2) is 4.39 Å². The fraction of sp³-hybridized carbons (Fsp3) is 0. The Hall–Kier alpha value is -3.94. The minimum atomic E-state index is -0.774. The van der Waals surface area contributed by atoms with Crippen molar-refractivity contribution in [3.63, 3.8) is 0 Å². The highest BCUT2D eigenvalue weighted by atomic mass is 19.1. The maximum atomic E-state index is 13.5. The number of furan rings is 1. The van der Waals surface area contributed by atoms with Crippen molar-refractivity contribution in [2.45, 2.75) is 0 Å². The average Bonchev–Trinajstić information content (AvgIpc) is 3.22. The van der Waals surface area contributed by atoms with E-state index in [1.54, 1.807) is 6.07 Å². The van der Waals surface area contributed by atoms with Gasteiger partial charge in [0.05, 0.1) is 11.8 Å². The quantitative estimate of drug-likeness (QED) is 0.617. The van der Waals surface area contributed by atoms with Crippen LogP contribution in [-0.4, -0.2) is 17.7 Å². The zero-order valence-electron chi connectivity index (χ0n) is 13.9. The topological polar surface area (TPSA) is 100 Å². The van der Waals surface area contributed by atoms with Gasteiger partial charge in [-0.05, 0) is 48.5 Å². The SMILES string of the molecule is O=C(NNC(=O)c1ccccc1F)c1ccc(NC(=O)c2ccco2)cc1. The van der Waals surface area contributed by atoms with Crippen molar-refractivity contribution >= 4 is 23.4 Å². The third-order valence-corrected chi connectivity index (χ3v) is 3.56. The van der Waals surface area contributed by atoms with Gasteiger partial charge in [0.15, 0.2) is 5.76 Å². The van der Waals surface area contributed by atoms with Crippen LogP contribution < -0.4 is 16.2 Å². The van der Waals surface area contributed by atoms with Crippen molar-refractivity contribution in [3.8, 4) is 0 Å². The minimum Gasteiger partial charge on any atom is -0.459 e. The average molecular weight is 367 g/mol. The minimum absolute atomic E-state index is 0.160. The summed E-state index contributed by atoms with van der Waals surface area (Å²) in [5.41, 5.74) is 4.85. The third kappa shape index (κ3) is 4.37. The lowest BCUT2D eigenvalue weighted by molar-refractivity contribution is 0.0844. The molecular formula is C19H14FN3O4. The molecule has 0 bridgehead atoms. The largest absolute Gasteiger partial charge is 0.459 e. The van der Waals surface area contributed by atoms with Gasteiger partial charge in [-0.15, -0.1) is 0 Å². The van der Waals surface area contributed by atoms with Crippen LogP contribution >= 0.6 is 0 Å². The first-order chi connectivity index (χ1) is 13.0. The van der Waals surface area contributed by atoms with Crippen LogP contribution in [0.15, 0.2) is 71.3 Å². The molecule has 0 aliphatic carbocycles. The third-order valence-electron chi connectivity index (χ3n) is 3.56. The molecule has 0 unspecified atom stereocenters. The van der Waals surface area contributed by atoms with E-state index in [0.717, 1.165) is 6.07 Å². The Bertz CT molecular complexity index is 969. The second kappa shape index (κ2) is 7.96. The number of hydrogen-bond donors (Lipinski definition) is 3. The molecule has 136 valence electrons. The summed E-state index contributed by atoms with van der Waals surface area (Å²) >= 11 is 0. The first-order valence-electron chi connectivity index (χ1n) is 7.85. The zero-order valence-corrected chi connectivity index (χ0v) is 13.9. The van der Waals surface area contributed by atoms with Gasteiger partial charge in [-0.3, -0.25) is 25.2 Å². The number of carbonyl (C=O) groups is 3. The maximum Gasteiger partial charge on any atom is 0.291 e. The van der Waals surface area contributed by atoms with E-state index < -0.39 is 23.5 Å². The Kier molecular flexibility index (Phi) is 5.27. The van der Waals surface area contributed by atoms with E-state index in [4.69, 9.17) is 4.42 Å². The molecule has 0 aliphatic rings. The first kappa shape index (κ1) is 17.9. The van der Waals surface area contributed by atoms with E-state index in [1.165, 1.54) is 54.8 Å². The standard InChI is InChI=1S/C19H14FN3O4/c20-15-5-2-1-4-14(15)18(25)23-22-17(24)12-7-9-13(10-8-12)21-19(26)16-6-3-11-27-16/h1-11H,(H,21,26)(H,22,24)(H,23,25). The molecule has 2 aromatic carbocycles. The first-order valence-corrected chi connectivity index (χ1v) is 7.85. The van der Waals surface area contributed by atoms with Gasteiger partial charge in [-0.2, -0.15) is 0 Å². The van der Waals surface area contributed by atoms with Crippen LogP contribution in [0.25, 0.3) is 0 Å². The predicted molar refractivity (Wildman–Crippen MR) is 94.4 cm³/mol. The molecule has 0 saturated heterocycles. The smallest absolute Gasteiger partial charge is 0.291 e. The van der Waals surface area contributed by atoms with Gasteiger partial charge in [0, 0.05) is 11.3 Å². The molecule has 8 heteroatoms. The van der Waals surface area contributed by atoms with Crippen LogP contribution in [0.3, 0.4) is 0 Å². The van der Waals surface area contributed by atoms with Gasteiger partial charge in [0.1, 0.15) is 5.82 Å². The van der Waals surface area contributed by atoms with Gasteiger partial charge >= 0.3 is 0 Å². The maximum absolute atomic E-state index is 13.5. The van der Waals surface area contributed by atoms with Crippen LogP contribution in [0.2, 0.25) is 0 Å². The summed E-state index contributed by atoms with van der Waals surface area (Å²) in [6.07, 6.45) is 1.39. The Morgan fingerprint density at radius 2 is 1.48 bits per heavy atom. The van der Waals surface area contributed by atoms with Gasteiger partial charge in [0.2, 0.25) is 0 Å². The van der Waals surface area contributed by atoms with Gasteiger partial charge in [-0.1, -0.05) is 12.1 Å². The number of hydrazine groups is 1.